The number of amides is 1. The molecule has 3 rings (SSSR count). The number of aromatic nitrogens is 3. The Kier molecular flexibility index (Phi) is 5.49. The normalized spacial score (nSPS) is 16.2. The lowest BCUT2D eigenvalue weighted by molar-refractivity contribution is -0.140. The van der Waals surface area contributed by atoms with Crippen molar-refractivity contribution < 1.29 is 13.2 Å². The lowest BCUT2D eigenvalue weighted by atomic mass is 9.94. The van der Waals surface area contributed by atoms with Gasteiger partial charge in [0.2, 0.25) is 15.9 Å². The molecule has 0 bridgehead atoms. The molecule has 0 saturated carbocycles. The summed E-state index contributed by atoms with van der Waals surface area (Å²) in [5.41, 5.74) is 0.695. The fraction of sp³-hybridized carbons (Fsp3) is 0.474. The monoisotopic (exact) mass is 403 g/mol. The zero-order valence-electron chi connectivity index (χ0n) is 16.6. The zero-order valence-corrected chi connectivity index (χ0v) is 17.4. The number of rotatable bonds is 3. The van der Waals surface area contributed by atoms with Gasteiger partial charge in [-0.2, -0.15) is 4.31 Å². The molecular formula is C19H25N5O3S. The predicted octanol–water partition coefficient (Wildman–Crippen LogP) is 1.73. The molecule has 0 unspecified atom stereocenters. The van der Waals surface area contributed by atoms with Gasteiger partial charge < -0.3 is 4.90 Å². The molecule has 9 heteroatoms. The fourth-order valence-corrected chi connectivity index (χ4v) is 4.62. The Morgan fingerprint density at radius 3 is 2.21 bits per heavy atom. The highest BCUT2D eigenvalue weighted by molar-refractivity contribution is 7.89. The highest BCUT2D eigenvalue weighted by Crippen LogP contribution is 2.24. The number of piperazine rings is 1. The van der Waals surface area contributed by atoms with E-state index in [0.717, 1.165) is 5.56 Å². The van der Waals surface area contributed by atoms with Gasteiger partial charge in [0.15, 0.2) is 5.82 Å². The zero-order chi connectivity index (χ0) is 20.5. The molecule has 0 aliphatic carbocycles. The number of hydrogen-bond donors (Lipinski definition) is 0. The van der Waals surface area contributed by atoms with Gasteiger partial charge in [-0.05, 0) is 19.1 Å². The van der Waals surface area contributed by atoms with E-state index in [9.17, 15) is 13.2 Å². The highest BCUT2D eigenvalue weighted by Gasteiger charge is 2.34. The van der Waals surface area contributed by atoms with Crippen LogP contribution in [-0.4, -0.2) is 64.7 Å². The summed E-state index contributed by atoms with van der Waals surface area (Å²) in [6.45, 7) is 8.54. The van der Waals surface area contributed by atoms with Crippen LogP contribution in [0.3, 0.4) is 0 Å². The van der Waals surface area contributed by atoms with Crippen molar-refractivity contribution in [3.63, 3.8) is 0 Å². The quantitative estimate of drug-likeness (QED) is 0.774. The summed E-state index contributed by atoms with van der Waals surface area (Å²) in [7, 11) is -3.72. The minimum absolute atomic E-state index is 0.0331. The second kappa shape index (κ2) is 7.56. The average Bonchev–Trinajstić information content (AvgIpc) is 2.67. The Labute approximate surface area is 165 Å². The van der Waals surface area contributed by atoms with E-state index < -0.39 is 15.4 Å². The second-order valence-corrected chi connectivity index (χ2v) is 9.73. The topological polar surface area (TPSA) is 96.4 Å². The highest BCUT2D eigenvalue weighted by atomic mass is 32.2. The van der Waals surface area contributed by atoms with Crippen molar-refractivity contribution in [3.05, 3.63) is 36.4 Å². The van der Waals surface area contributed by atoms with Crippen molar-refractivity contribution in [2.45, 2.75) is 32.6 Å². The fourth-order valence-electron chi connectivity index (χ4n) is 3.09. The van der Waals surface area contributed by atoms with E-state index in [1.54, 1.807) is 36.4 Å². The average molecular weight is 404 g/mol. The molecule has 1 fully saturated rings. The summed E-state index contributed by atoms with van der Waals surface area (Å²) in [4.78, 5) is 26.8. The molecular weight excluding hydrogens is 378 g/mol. The van der Waals surface area contributed by atoms with Crippen molar-refractivity contribution >= 4 is 15.9 Å². The van der Waals surface area contributed by atoms with Crippen LogP contribution in [0.25, 0.3) is 11.4 Å². The van der Waals surface area contributed by atoms with Gasteiger partial charge in [0.1, 0.15) is 4.90 Å². The van der Waals surface area contributed by atoms with E-state index in [-0.39, 0.29) is 23.9 Å². The first-order valence-electron chi connectivity index (χ1n) is 9.14. The maximum Gasteiger partial charge on any atom is 0.246 e. The molecule has 0 N–H and O–H groups in total. The van der Waals surface area contributed by atoms with Crippen LogP contribution in [0.15, 0.2) is 35.6 Å². The lowest BCUT2D eigenvalue weighted by Gasteiger charge is -2.37. The summed E-state index contributed by atoms with van der Waals surface area (Å²) < 4.78 is 27.5. The first-order chi connectivity index (χ1) is 13.1. The van der Waals surface area contributed by atoms with Gasteiger partial charge in [-0.15, -0.1) is 0 Å². The number of carbonyl (C=O) groups excluding carboxylic acids is 1. The molecule has 0 radical (unpaired) electrons. The summed E-state index contributed by atoms with van der Waals surface area (Å²) >= 11 is 0. The van der Waals surface area contributed by atoms with Gasteiger partial charge >= 0.3 is 0 Å². The van der Waals surface area contributed by atoms with Gasteiger partial charge in [0.05, 0.1) is 11.9 Å². The number of nitrogens with zero attached hydrogens (tertiary/aromatic N) is 5. The molecule has 3 heterocycles. The van der Waals surface area contributed by atoms with Crippen LogP contribution in [0.2, 0.25) is 0 Å². The second-order valence-electron chi connectivity index (χ2n) is 7.83. The molecule has 0 aromatic carbocycles. The largest absolute Gasteiger partial charge is 0.340 e. The number of sulfonamides is 1. The standard InChI is InChI=1S/C19H25N5O3S/c1-14-16(13-21-17(22-14)15-5-7-20-8-6-15)28(26,27)24-11-9-23(10-12-24)18(25)19(2,3)4/h5-8,13H,9-12H2,1-4H3. The van der Waals surface area contributed by atoms with Crippen molar-refractivity contribution in [1.29, 1.82) is 0 Å². The molecule has 2 aromatic heterocycles. The third-order valence-corrected chi connectivity index (χ3v) is 6.66. The first-order valence-corrected chi connectivity index (χ1v) is 10.6. The predicted molar refractivity (Wildman–Crippen MR) is 105 cm³/mol. The summed E-state index contributed by atoms with van der Waals surface area (Å²) in [6, 6.07) is 3.54. The molecule has 150 valence electrons. The van der Waals surface area contributed by atoms with Crippen LogP contribution in [0.1, 0.15) is 26.5 Å². The third kappa shape index (κ3) is 4.05. The van der Waals surface area contributed by atoms with Gasteiger partial charge in [-0.3, -0.25) is 9.78 Å². The Balaban J connectivity index is 1.78. The van der Waals surface area contributed by atoms with Crippen LogP contribution in [0, 0.1) is 12.3 Å². The van der Waals surface area contributed by atoms with E-state index in [0.29, 0.717) is 24.6 Å². The van der Waals surface area contributed by atoms with Crippen LogP contribution in [-0.2, 0) is 14.8 Å². The minimum atomic E-state index is -3.72. The summed E-state index contributed by atoms with van der Waals surface area (Å²) in [5.74, 6) is 0.491. The minimum Gasteiger partial charge on any atom is -0.340 e. The van der Waals surface area contributed by atoms with Crippen LogP contribution < -0.4 is 0 Å². The number of carbonyl (C=O) groups is 1. The number of pyridine rings is 1. The Hall–Kier alpha value is -2.39. The smallest absolute Gasteiger partial charge is 0.246 e. The van der Waals surface area contributed by atoms with Crippen LogP contribution in [0.5, 0.6) is 0 Å². The van der Waals surface area contributed by atoms with E-state index in [1.807, 2.05) is 20.8 Å². The molecule has 1 saturated heterocycles. The molecule has 1 aliphatic rings. The van der Waals surface area contributed by atoms with Crippen molar-refractivity contribution in [3.8, 4) is 11.4 Å². The van der Waals surface area contributed by atoms with E-state index >= 15 is 0 Å². The van der Waals surface area contributed by atoms with E-state index in [1.165, 1.54) is 10.5 Å². The Bertz CT molecular complexity index is 963. The Morgan fingerprint density at radius 1 is 1.07 bits per heavy atom. The molecule has 0 atom stereocenters. The third-order valence-electron chi connectivity index (χ3n) is 4.66. The molecule has 8 nitrogen and oxygen atoms in total. The maximum absolute atomic E-state index is 13.1. The molecule has 1 aliphatic heterocycles. The van der Waals surface area contributed by atoms with Gasteiger partial charge in [-0.1, -0.05) is 20.8 Å². The first kappa shape index (κ1) is 20.3. The SMILES string of the molecule is Cc1nc(-c2ccncc2)ncc1S(=O)(=O)N1CCN(C(=O)C(C)(C)C)CC1. The van der Waals surface area contributed by atoms with E-state index in [2.05, 4.69) is 15.0 Å². The van der Waals surface area contributed by atoms with Gasteiger partial charge in [-0.25, -0.2) is 18.4 Å². The number of aryl methyl sites for hydroxylation is 1. The van der Waals surface area contributed by atoms with Gasteiger partial charge in [0.25, 0.3) is 0 Å². The van der Waals surface area contributed by atoms with Crippen LogP contribution >= 0.6 is 0 Å². The van der Waals surface area contributed by atoms with Crippen molar-refractivity contribution in [2.75, 3.05) is 26.2 Å². The van der Waals surface area contributed by atoms with Crippen molar-refractivity contribution in [1.82, 2.24) is 24.2 Å². The van der Waals surface area contributed by atoms with E-state index in [4.69, 9.17) is 0 Å². The van der Waals surface area contributed by atoms with Crippen molar-refractivity contribution in [2.24, 2.45) is 5.41 Å². The Morgan fingerprint density at radius 2 is 1.68 bits per heavy atom. The molecule has 1 amide bonds. The summed E-state index contributed by atoms with van der Waals surface area (Å²) in [6.07, 6.45) is 4.63. The van der Waals surface area contributed by atoms with Gasteiger partial charge in [0, 0.05) is 49.6 Å². The summed E-state index contributed by atoms with van der Waals surface area (Å²) in [5, 5.41) is 0. The lowest BCUT2D eigenvalue weighted by Crippen LogP contribution is -2.53. The number of hydrogen-bond acceptors (Lipinski definition) is 6. The van der Waals surface area contributed by atoms with Crippen LogP contribution in [0.4, 0.5) is 0 Å². The maximum atomic E-state index is 13.1. The molecule has 28 heavy (non-hydrogen) atoms. The molecule has 0 spiro atoms. The molecule has 2 aromatic rings.